The van der Waals surface area contributed by atoms with Crippen LogP contribution in [0.25, 0.3) is 0 Å². The fraction of sp³-hybridized carbons (Fsp3) is 0.500. The molecule has 1 aromatic carbocycles. The van der Waals surface area contributed by atoms with E-state index in [-0.39, 0.29) is 26.1 Å². The second-order valence-corrected chi connectivity index (χ2v) is 10.7. The number of aromatic amines is 1. The van der Waals surface area contributed by atoms with E-state index in [4.69, 9.17) is 34.6 Å². The molecular formula is C22H27ClFN2O9P. The molecule has 0 radical (unpaired) electrons. The van der Waals surface area contributed by atoms with E-state index in [0.717, 1.165) is 16.3 Å². The fourth-order valence-corrected chi connectivity index (χ4v) is 5.81. The third-order valence-electron chi connectivity index (χ3n) is 5.76. The van der Waals surface area contributed by atoms with Gasteiger partial charge in [0.1, 0.15) is 0 Å². The van der Waals surface area contributed by atoms with Crippen LogP contribution >= 0.6 is 19.8 Å². The summed E-state index contributed by atoms with van der Waals surface area (Å²) in [5, 5.41) is 0.518. The molecular weight excluding hydrogens is 522 g/mol. The molecule has 1 aromatic heterocycles. The average molecular weight is 549 g/mol. The quantitative estimate of drug-likeness (QED) is 0.376. The van der Waals surface area contributed by atoms with Gasteiger partial charge in [0.25, 0.3) is 0 Å². The van der Waals surface area contributed by atoms with Crippen molar-refractivity contribution in [3.63, 3.8) is 0 Å². The molecule has 11 nitrogen and oxygen atoms in total. The number of nitrogens with one attached hydrogen (secondary N) is 1. The monoisotopic (exact) mass is 548 g/mol. The van der Waals surface area contributed by atoms with E-state index in [1.807, 2.05) is 18.0 Å². The zero-order valence-corrected chi connectivity index (χ0v) is 21.1. The Labute approximate surface area is 210 Å². The molecule has 4 rings (SSSR count). The van der Waals surface area contributed by atoms with E-state index < -0.39 is 55.7 Å². The van der Waals surface area contributed by atoms with Crippen molar-refractivity contribution in [3.05, 3.63) is 67.7 Å². The van der Waals surface area contributed by atoms with Gasteiger partial charge in [0.15, 0.2) is 0 Å². The van der Waals surface area contributed by atoms with E-state index in [1.165, 1.54) is 0 Å². The van der Waals surface area contributed by atoms with Gasteiger partial charge in [-0.25, -0.2) is 0 Å². The van der Waals surface area contributed by atoms with Gasteiger partial charge in [-0.3, -0.25) is 0 Å². The number of hydrogen-bond donors (Lipinski definition) is 2. The van der Waals surface area contributed by atoms with Crippen LogP contribution in [0.3, 0.4) is 0 Å². The molecule has 2 aliphatic heterocycles. The van der Waals surface area contributed by atoms with Crippen LogP contribution in [-0.4, -0.2) is 45.8 Å². The average Bonchev–Trinajstić information content (AvgIpc) is 3.22. The topological polar surface area (TPSA) is 138 Å². The Balaban J connectivity index is 1.48. The van der Waals surface area contributed by atoms with Crippen molar-refractivity contribution in [2.75, 3.05) is 13.2 Å². The Hall–Kier alpha value is -2.18. The first-order valence-corrected chi connectivity index (χ1v) is 13.5. The van der Waals surface area contributed by atoms with Gasteiger partial charge in [-0.05, 0) is 0 Å². The Morgan fingerprint density at radius 3 is 2.94 bits per heavy atom. The Morgan fingerprint density at radius 2 is 2.19 bits per heavy atom. The maximum atomic E-state index is 13.8. The van der Waals surface area contributed by atoms with Crippen LogP contribution in [0.4, 0.5) is 4.39 Å². The number of hydrogen-bond acceptors (Lipinski definition) is 9. The van der Waals surface area contributed by atoms with E-state index in [0.29, 0.717) is 17.9 Å². The van der Waals surface area contributed by atoms with Crippen molar-refractivity contribution < 1.29 is 37.1 Å². The van der Waals surface area contributed by atoms with Crippen LogP contribution in [0.15, 0.2) is 40.1 Å². The second-order valence-electron chi connectivity index (χ2n) is 8.42. The minimum atomic E-state index is -4.12. The maximum absolute atomic E-state index is 13.8. The first-order chi connectivity index (χ1) is 17.2. The van der Waals surface area contributed by atoms with E-state index in [1.54, 1.807) is 18.2 Å². The standard InChI is InChI=1S/C22H27ClFN2O9P/c1-2-4-20(27)34-17-10-19(26-11-15(24)21(28)25-22(26)29)33-18(17)12-32-36(30)31-8-7-16(35-36)13-5-3-6-14(23)9-13/h3,5-6,9,11,16-19,30,36H,2,4,7-8,10,12H2,1H3,(H,25,28,29)/t16?,17-,18+,19+/m0/s1. The molecule has 0 spiro atoms. The van der Waals surface area contributed by atoms with Gasteiger partial charge in [-0.2, -0.15) is 0 Å². The zero-order chi connectivity index (χ0) is 25.9. The van der Waals surface area contributed by atoms with Crippen LogP contribution in [0.1, 0.15) is 50.5 Å². The fourth-order valence-electron chi connectivity index (χ4n) is 4.02. The molecule has 0 bridgehead atoms. The molecule has 14 heteroatoms. The third kappa shape index (κ3) is 6.38. The van der Waals surface area contributed by atoms with Crippen molar-refractivity contribution in [2.24, 2.45) is 0 Å². The molecule has 3 heterocycles. The summed E-state index contributed by atoms with van der Waals surface area (Å²) in [6.45, 7) is 1.69. The molecule has 2 fully saturated rings. The van der Waals surface area contributed by atoms with Crippen LogP contribution in [-0.2, 0) is 27.8 Å². The summed E-state index contributed by atoms with van der Waals surface area (Å²) in [6.07, 6.45) is -1.47. The third-order valence-corrected chi connectivity index (χ3v) is 7.68. The number of aromatic nitrogens is 2. The molecule has 0 aliphatic carbocycles. The molecule has 1 unspecified atom stereocenters. The summed E-state index contributed by atoms with van der Waals surface area (Å²) in [5.74, 6) is -1.66. The van der Waals surface area contributed by atoms with E-state index >= 15 is 0 Å². The summed E-state index contributed by atoms with van der Waals surface area (Å²) in [5.41, 5.74) is -1.29. The molecule has 198 valence electrons. The second kappa shape index (κ2) is 11.5. The number of ether oxygens (including phenoxy) is 2. The SMILES string of the molecule is CCCC(=O)O[C@H]1C[C@H](n2cc(F)c(=O)[nH]c2=O)O[C@@H]1CO[PH]1(O)OCCC(c2cccc(Cl)c2)O1. The number of H-pyrrole nitrogens is 1. The Morgan fingerprint density at radius 1 is 1.39 bits per heavy atom. The van der Waals surface area contributed by atoms with Crippen LogP contribution in [0.2, 0.25) is 5.02 Å². The van der Waals surface area contributed by atoms with Gasteiger partial charge in [0.2, 0.25) is 0 Å². The molecule has 2 saturated heterocycles. The van der Waals surface area contributed by atoms with Crippen molar-refractivity contribution in [3.8, 4) is 0 Å². The summed E-state index contributed by atoms with van der Waals surface area (Å²) < 4.78 is 42.9. The first-order valence-electron chi connectivity index (χ1n) is 11.5. The summed E-state index contributed by atoms with van der Waals surface area (Å²) >= 11 is 6.06. The van der Waals surface area contributed by atoms with Gasteiger partial charge >= 0.3 is 210 Å². The van der Waals surface area contributed by atoms with E-state index in [2.05, 4.69) is 0 Å². The number of nitrogens with zero attached hydrogens (tertiary/aromatic N) is 1. The number of halogens is 2. The molecule has 2 N–H and O–H groups in total. The molecule has 2 aliphatic rings. The zero-order valence-electron chi connectivity index (χ0n) is 19.4. The Kier molecular flexibility index (Phi) is 8.56. The predicted octanol–water partition coefficient (Wildman–Crippen LogP) is 2.93. The number of benzene rings is 1. The van der Waals surface area contributed by atoms with Gasteiger partial charge in [-0.15, -0.1) is 0 Å². The van der Waals surface area contributed by atoms with Crippen molar-refractivity contribution in [1.82, 2.24) is 9.55 Å². The Bertz CT molecular complexity index is 1210. The van der Waals surface area contributed by atoms with Crippen molar-refractivity contribution >= 4 is 25.7 Å². The summed E-state index contributed by atoms with van der Waals surface area (Å²) in [4.78, 5) is 48.5. The van der Waals surface area contributed by atoms with Gasteiger partial charge in [0.05, 0.1) is 0 Å². The van der Waals surface area contributed by atoms with Crippen molar-refractivity contribution in [2.45, 2.75) is 57.1 Å². The van der Waals surface area contributed by atoms with E-state index in [9.17, 15) is 23.7 Å². The normalized spacial score (nSPS) is 26.4. The van der Waals surface area contributed by atoms with Gasteiger partial charge < -0.3 is 0 Å². The van der Waals surface area contributed by atoms with Crippen LogP contribution in [0, 0.1) is 5.82 Å². The number of rotatable bonds is 8. The molecule has 2 aromatic rings. The molecule has 0 saturated carbocycles. The van der Waals surface area contributed by atoms with Gasteiger partial charge in [-0.1, -0.05) is 0 Å². The van der Waals surface area contributed by atoms with Crippen LogP contribution in [0.5, 0.6) is 0 Å². The summed E-state index contributed by atoms with van der Waals surface area (Å²) in [6, 6.07) is 7.02. The molecule has 4 atom stereocenters. The summed E-state index contributed by atoms with van der Waals surface area (Å²) in [7, 11) is -4.12. The number of carbonyl (C=O) groups excluding carboxylic acids is 1. The van der Waals surface area contributed by atoms with Gasteiger partial charge in [0, 0.05) is 0 Å². The van der Waals surface area contributed by atoms with Crippen molar-refractivity contribution in [1.29, 1.82) is 0 Å². The first kappa shape index (κ1) is 26.9. The molecule has 0 amide bonds. The predicted molar refractivity (Wildman–Crippen MR) is 127 cm³/mol. The van der Waals surface area contributed by atoms with Crippen LogP contribution < -0.4 is 11.2 Å². The number of carbonyl (C=O) groups is 1. The molecule has 36 heavy (non-hydrogen) atoms. The number of esters is 1. The minimum absolute atomic E-state index is 0.0122.